The predicted molar refractivity (Wildman–Crippen MR) is 64.2 cm³/mol. The lowest BCUT2D eigenvalue weighted by Gasteiger charge is -2.31. The molecule has 0 aliphatic carbocycles. The molecule has 6 nitrogen and oxygen atoms in total. The average Bonchev–Trinajstić information content (AvgIpc) is 2.35. The first-order chi connectivity index (χ1) is 8.63. The highest BCUT2D eigenvalue weighted by atomic mass is 16.5. The van der Waals surface area contributed by atoms with Crippen LogP contribution in [0, 0.1) is 0 Å². The molecular formula is C12H19NO5. The molecule has 0 saturated carbocycles. The first-order valence-corrected chi connectivity index (χ1v) is 5.95. The fourth-order valence-corrected chi connectivity index (χ4v) is 1.72. The Morgan fingerprint density at radius 3 is 3.00 bits per heavy atom. The Hall–Kier alpha value is -1.40. The number of carboxylic acid groups (broad SMARTS) is 1. The third kappa shape index (κ3) is 5.29. The van der Waals surface area contributed by atoms with Crippen LogP contribution in [0.3, 0.4) is 0 Å². The van der Waals surface area contributed by atoms with E-state index in [9.17, 15) is 9.59 Å². The predicted octanol–water partition coefficient (Wildman–Crippen LogP) is 0.327. The fraction of sp³-hybridized carbons (Fsp3) is 0.667. The van der Waals surface area contributed by atoms with Crippen molar-refractivity contribution in [3.05, 3.63) is 12.2 Å². The second kappa shape index (κ2) is 7.84. The molecule has 0 bridgehead atoms. The summed E-state index contributed by atoms with van der Waals surface area (Å²) in [6.07, 6.45) is 4.14. The molecule has 18 heavy (non-hydrogen) atoms. The molecule has 1 saturated heterocycles. The second-order valence-corrected chi connectivity index (χ2v) is 4.05. The lowest BCUT2D eigenvalue weighted by molar-refractivity contribution is -0.148. The number of carbonyl (C=O) groups excluding carboxylic acids is 1. The number of amides is 1. The highest BCUT2D eigenvalue weighted by Crippen LogP contribution is 2.12. The van der Waals surface area contributed by atoms with E-state index in [1.807, 2.05) is 6.92 Å². The van der Waals surface area contributed by atoms with Crippen LogP contribution in [-0.2, 0) is 19.1 Å². The van der Waals surface area contributed by atoms with Crippen molar-refractivity contribution in [3.8, 4) is 0 Å². The van der Waals surface area contributed by atoms with Gasteiger partial charge in [-0.2, -0.15) is 0 Å². The van der Waals surface area contributed by atoms with Crippen LogP contribution in [0.15, 0.2) is 12.2 Å². The van der Waals surface area contributed by atoms with Gasteiger partial charge in [-0.15, -0.1) is 0 Å². The summed E-state index contributed by atoms with van der Waals surface area (Å²) in [6.45, 7) is 2.36. The largest absolute Gasteiger partial charge is 0.480 e. The number of carboxylic acids is 1. The third-order valence-electron chi connectivity index (χ3n) is 2.60. The zero-order chi connectivity index (χ0) is 13.4. The number of rotatable bonds is 6. The Morgan fingerprint density at radius 1 is 1.56 bits per heavy atom. The number of allylic oxidation sites excluding steroid dienone is 1. The minimum atomic E-state index is -1.01. The van der Waals surface area contributed by atoms with E-state index >= 15 is 0 Å². The Labute approximate surface area is 106 Å². The number of ether oxygens (including phenoxy) is 2. The monoisotopic (exact) mass is 257 g/mol. The highest BCUT2D eigenvalue weighted by Gasteiger charge is 2.28. The van der Waals surface area contributed by atoms with Crippen LogP contribution in [0.1, 0.15) is 19.8 Å². The Morgan fingerprint density at radius 2 is 2.33 bits per heavy atom. The Balaban J connectivity index is 2.43. The van der Waals surface area contributed by atoms with Gasteiger partial charge in [0.2, 0.25) is 5.91 Å². The van der Waals surface area contributed by atoms with Crippen LogP contribution in [0.25, 0.3) is 0 Å². The fourth-order valence-electron chi connectivity index (χ4n) is 1.72. The van der Waals surface area contributed by atoms with E-state index in [4.69, 9.17) is 14.6 Å². The standard InChI is InChI=1S/C12H19NO5/c1-2-3-4-11(14)13-9-7-17-6-5-10(9)18-8-12(15)16/h2-3,9-10H,4-8H2,1H3,(H,13,14)(H,15,16)/b3-2+/t9-,10+/m1/s1. The zero-order valence-corrected chi connectivity index (χ0v) is 10.4. The van der Waals surface area contributed by atoms with Crippen molar-refractivity contribution in [3.63, 3.8) is 0 Å². The molecule has 1 aliphatic heterocycles. The second-order valence-electron chi connectivity index (χ2n) is 4.05. The maximum atomic E-state index is 11.6. The van der Waals surface area contributed by atoms with Gasteiger partial charge in [-0.3, -0.25) is 4.79 Å². The number of nitrogens with one attached hydrogen (secondary N) is 1. The van der Waals surface area contributed by atoms with Crippen molar-refractivity contribution in [2.24, 2.45) is 0 Å². The molecule has 0 unspecified atom stereocenters. The third-order valence-corrected chi connectivity index (χ3v) is 2.60. The van der Waals surface area contributed by atoms with E-state index in [0.29, 0.717) is 26.1 Å². The van der Waals surface area contributed by atoms with E-state index in [2.05, 4.69) is 5.32 Å². The van der Waals surface area contributed by atoms with Gasteiger partial charge in [0, 0.05) is 13.0 Å². The number of hydrogen-bond acceptors (Lipinski definition) is 4. The molecule has 0 radical (unpaired) electrons. The van der Waals surface area contributed by atoms with Crippen molar-refractivity contribution in [2.45, 2.75) is 31.9 Å². The van der Waals surface area contributed by atoms with Gasteiger partial charge < -0.3 is 19.9 Å². The van der Waals surface area contributed by atoms with Gasteiger partial charge >= 0.3 is 5.97 Å². The van der Waals surface area contributed by atoms with E-state index in [1.54, 1.807) is 12.2 Å². The van der Waals surface area contributed by atoms with Gasteiger partial charge in [-0.1, -0.05) is 12.2 Å². The first-order valence-electron chi connectivity index (χ1n) is 5.95. The molecule has 0 aromatic rings. The van der Waals surface area contributed by atoms with E-state index in [0.717, 1.165) is 0 Å². The van der Waals surface area contributed by atoms with Gasteiger partial charge in [-0.25, -0.2) is 4.79 Å². The maximum Gasteiger partial charge on any atom is 0.329 e. The summed E-state index contributed by atoms with van der Waals surface area (Å²) in [5, 5.41) is 11.4. The SMILES string of the molecule is C/C=C/CC(=O)N[C@@H]1COCC[C@@H]1OCC(=O)O. The summed E-state index contributed by atoms with van der Waals surface area (Å²) in [4.78, 5) is 22.0. The molecule has 0 aromatic carbocycles. The van der Waals surface area contributed by atoms with E-state index < -0.39 is 5.97 Å². The number of hydrogen-bond donors (Lipinski definition) is 2. The molecule has 2 atom stereocenters. The molecule has 1 amide bonds. The summed E-state index contributed by atoms with van der Waals surface area (Å²) in [5.41, 5.74) is 0. The molecule has 1 heterocycles. The topological polar surface area (TPSA) is 84.9 Å². The quantitative estimate of drug-likeness (QED) is 0.670. The normalized spacial score (nSPS) is 24.1. The van der Waals surface area contributed by atoms with Crippen LogP contribution in [0.2, 0.25) is 0 Å². The smallest absolute Gasteiger partial charge is 0.329 e. The summed E-state index contributed by atoms with van der Waals surface area (Å²) in [7, 11) is 0. The van der Waals surface area contributed by atoms with Crippen molar-refractivity contribution < 1.29 is 24.2 Å². The molecule has 0 aromatic heterocycles. The van der Waals surface area contributed by atoms with Crippen LogP contribution in [0.5, 0.6) is 0 Å². The summed E-state index contributed by atoms with van der Waals surface area (Å²) in [6, 6.07) is -0.282. The van der Waals surface area contributed by atoms with Crippen molar-refractivity contribution in [1.29, 1.82) is 0 Å². The molecule has 0 spiro atoms. The molecular weight excluding hydrogens is 238 g/mol. The lowest BCUT2D eigenvalue weighted by Crippen LogP contribution is -2.50. The van der Waals surface area contributed by atoms with Gasteiger partial charge in [-0.05, 0) is 13.3 Å². The summed E-state index contributed by atoms with van der Waals surface area (Å²) >= 11 is 0. The van der Waals surface area contributed by atoms with Gasteiger partial charge in [0.1, 0.15) is 6.61 Å². The van der Waals surface area contributed by atoms with Gasteiger partial charge in [0.25, 0.3) is 0 Å². The van der Waals surface area contributed by atoms with Crippen LogP contribution in [0.4, 0.5) is 0 Å². The van der Waals surface area contributed by atoms with Crippen LogP contribution < -0.4 is 5.32 Å². The summed E-state index contributed by atoms with van der Waals surface area (Å²) in [5.74, 6) is -1.13. The molecule has 1 aliphatic rings. The Kier molecular flexibility index (Phi) is 6.38. The molecule has 6 heteroatoms. The van der Waals surface area contributed by atoms with Crippen LogP contribution in [-0.4, -0.2) is 48.9 Å². The van der Waals surface area contributed by atoms with Gasteiger partial charge in [0.05, 0.1) is 18.8 Å². The number of aliphatic carboxylic acids is 1. The summed E-state index contributed by atoms with van der Waals surface area (Å²) < 4.78 is 10.5. The van der Waals surface area contributed by atoms with Crippen molar-refractivity contribution >= 4 is 11.9 Å². The average molecular weight is 257 g/mol. The molecule has 1 fully saturated rings. The highest BCUT2D eigenvalue weighted by molar-refractivity contribution is 5.77. The first kappa shape index (κ1) is 14.7. The Bertz CT molecular complexity index is 316. The molecule has 1 rings (SSSR count). The molecule has 102 valence electrons. The van der Waals surface area contributed by atoms with E-state index in [-0.39, 0.29) is 24.7 Å². The minimum Gasteiger partial charge on any atom is -0.480 e. The zero-order valence-electron chi connectivity index (χ0n) is 10.4. The van der Waals surface area contributed by atoms with E-state index in [1.165, 1.54) is 0 Å². The van der Waals surface area contributed by atoms with Crippen LogP contribution >= 0.6 is 0 Å². The van der Waals surface area contributed by atoms with Crippen molar-refractivity contribution in [2.75, 3.05) is 19.8 Å². The van der Waals surface area contributed by atoms with Gasteiger partial charge in [0.15, 0.2) is 0 Å². The maximum absolute atomic E-state index is 11.6. The minimum absolute atomic E-state index is 0.118. The molecule has 2 N–H and O–H groups in total. The lowest BCUT2D eigenvalue weighted by atomic mass is 10.1. The van der Waals surface area contributed by atoms with Crippen molar-refractivity contribution in [1.82, 2.24) is 5.32 Å². The number of carbonyl (C=O) groups is 2.